The van der Waals surface area contributed by atoms with Crippen LogP contribution in [-0.4, -0.2) is 22.2 Å². The molecule has 1 fully saturated rings. The Kier molecular flexibility index (Phi) is 3.91. The molecule has 3 heteroatoms. The predicted octanol–water partition coefficient (Wildman–Crippen LogP) is 1.87. The highest BCUT2D eigenvalue weighted by molar-refractivity contribution is 5.07. The summed E-state index contributed by atoms with van der Waals surface area (Å²) in [7, 11) is 0. The topological polar surface area (TPSA) is 45.1 Å². The van der Waals surface area contributed by atoms with E-state index in [0.29, 0.717) is 6.54 Å². The number of nitrogens with one attached hydrogen (secondary N) is 1. The van der Waals surface area contributed by atoms with Crippen LogP contribution in [0.15, 0.2) is 24.5 Å². The maximum atomic E-state index is 10.3. The van der Waals surface area contributed by atoms with Gasteiger partial charge in [-0.25, -0.2) is 0 Å². The van der Waals surface area contributed by atoms with Gasteiger partial charge in [-0.15, -0.1) is 0 Å². The van der Waals surface area contributed by atoms with Crippen molar-refractivity contribution >= 4 is 0 Å². The average Bonchev–Trinajstić information content (AvgIpc) is 2.31. The molecule has 0 unspecified atom stereocenters. The SMILES string of the molecule is OC1(CNCc2cccnc2)CCCCC1. The molecule has 0 atom stereocenters. The maximum absolute atomic E-state index is 10.3. The van der Waals surface area contributed by atoms with Crippen LogP contribution in [-0.2, 0) is 6.54 Å². The third-order valence-corrected chi connectivity index (χ3v) is 3.29. The summed E-state index contributed by atoms with van der Waals surface area (Å²) in [5, 5.41) is 13.6. The van der Waals surface area contributed by atoms with Crippen LogP contribution in [0.4, 0.5) is 0 Å². The van der Waals surface area contributed by atoms with Gasteiger partial charge in [0.1, 0.15) is 0 Å². The molecule has 2 N–H and O–H groups in total. The van der Waals surface area contributed by atoms with Gasteiger partial charge in [-0.1, -0.05) is 25.3 Å². The van der Waals surface area contributed by atoms with Crippen molar-refractivity contribution in [2.24, 2.45) is 0 Å². The normalized spacial score (nSPS) is 19.6. The quantitative estimate of drug-likeness (QED) is 0.814. The Labute approximate surface area is 96.9 Å². The molecule has 0 saturated heterocycles. The first-order valence-electron chi connectivity index (χ1n) is 6.11. The number of aromatic nitrogens is 1. The minimum absolute atomic E-state index is 0.472. The number of hydrogen-bond acceptors (Lipinski definition) is 3. The van der Waals surface area contributed by atoms with E-state index in [1.807, 2.05) is 18.3 Å². The zero-order chi connectivity index (χ0) is 11.3. The van der Waals surface area contributed by atoms with E-state index in [0.717, 1.165) is 32.2 Å². The molecule has 1 aliphatic rings. The zero-order valence-corrected chi connectivity index (χ0v) is 9.65. The minimum atomic E-state index is -0.472. The van der Waals surface area contributed by atoms with Crippen molar-refractivity contribution in [2.45, 2.75) is 44.2 Å². The summed E-state index contributed by atoms with van der Waals surface area (Å²) in [6, 6.07) is 3.98. The van der Waals surface area contributed by atoms with E-state index in [-0.39, 0.29) is 0 Å². The molecule has 0 bridgehead atoms. The number of hydrogen-bond donors (Lipinski definition) is 2. The Balaban J connectivity index is 1.75. The van der Waals surface area contributed by atoms with Gasteiger partial charge in [-0.3, -0.25) is 4.98 Å². The third kappa shape index (κ3) is 3.29. The van der Waals surface area contributed by atoms with Gasteiger partial charge < -0.3 is 10.4 Å². The smallest absolute Gasteiger partial charge is 0.0771 e. The zero-order valence-electron chi connectivity index (χ0n) is 9.65. The van der Waals surface area contributed by atoms with Crippen molar-refractivity contribution < 1.29 is 5.11 Å². The lowest BCUT2D eigenvalue weighted by Gasteiger charge is -2.32. The highest BCUT2D eigenvalue weighted by atomic mass is 16.3. The van der Waals surface area contributed by atoms with E-state index in [1.54, 1.807) is 6.20 Å². The van der Waals surface area contributed by atoms with Gasteiger partial charge in [-0.05, 0) is 24.5 Å². The van der Waals surface area contributed by atoms with Crippen LogP contribution < -0.4 is 5.32 Å². The van der Waals surface area contributed by atoms with Crippen LogP contribution in [0.5, 0.6) is 0 Å². The second kappa shape index (κ2) is 5.41. The molecule has 1 aliphatic carbocycles. The van der Waals surface area contributed by atoms with E-state index in [1.165, 1.54) is 12.0 Å². The largest absolute Gasteiger partial charge is 0.389 e. The van der Waals surface area contributed by atoms with Crippen molar-refractivity contribution in [3.05, 3.63) is 30.1 Å². The van der Waals surface area contributed by atoms with Crippen LogP contribution in [0.2, 0.25) is 0 Å². The first kappa shape index (κ1) is 11.6. The monoisotopic (exact) mass is 220 g/mol. The Morgan fingerprint density at radius 1 is 1.31 bits per heavy atom. The second-order valence-electron chi connectivity index (χ2n) is 4.75. The summed E-state index contributed by atoms with van der Waals surface area (Å²) < 4.78 is 0. The van der Waals surface area contributed by atoms with Crippen LogP contribution >= 0.6 is 0 Å². The summed E-state index contributed by atoms with van der Waals surface area (Å²) in [4.78, 5) is 4.06. The molecule has 1 aromatic rings. The van der Waals surface area contributed by atoms with Crippen molar-refractivity contribution in [2.75, 3.05) is 6.54 Å². The maximum Gasteiger partial charge on any atom is 0.0771 e. The van der Waals surface area contributed by atoms with Crippen molar-refractivity contribution in [1.82, 2.24) is 10.3 Å². The Bertz CT molecular complexity index is 307. The summed E-state index contributed by atoms with van der Waals surface area (Å²) >= 11 is 0. The second-order valence-corrected chi connectivity index (χ2v) is 4.75. The lowest BCUT2D eigenvalue weighted by molar-refractivity contribution is 0.00467. The number of aliphatic hydroxyl groups is 1. The highest BCUT2D eigenvalue weighted by Crippen LogP contribution is 2.27. The molecule has 0 amide bonds. The van der Waals surface area contributed by atoms with E-state index >= 15 is 0 Å². The third-order valence-electron chi connectivity index (χ3n) is 3.29. The fraction of sp³-hybridized carbons (Fsp3) is 0.615. The summed E-state index contributed by atoms with van der Waals surface area (Å²) in [6.07, 6.45) is 9.09. The average molecular weight is 220 g/mol. The summed E-state index contributed by atoms with van der Waals surface area (Å²) in [5.41, 5.74) is 0.697. The lowest BCUT2D eigenvalue weighted by Crippen LogP contribution is -2.41. The molecule has 2 rings (SSSR count). The van der Waals surface area contributed by atoms with E-state index < -0.39 is 5.60 Å². The number of nitrogens with zero attached hydrogens (tertiary/aromatic N) is 1. The Morgan fingerprint density at radius 2 is 2.12 bits per heavy atom. The molecule has 0 radical (unpaired) electrons. The fourth-order valence-corrected chi connectivity index (χ4v) is 2.33. The van der Waals surface area contributed by atoms with Gasteiger partial charge in [0.05, 0.1) is 5.60 Å². The first-order chi connectivity index (χ1) is 7.79. The molecule has 0 aliphatic heterocycles. The van der Waals surface area contributed by atoms with Crippen LogP contribution in [0.3, 0.4) is 0 Å². The van der Waals surface area contributed by atoms with Crippen LogP contribution in [0.1, 0.15) is 37.7 Å². The molecule has 3 nitrogen and oxygen atoms in total. The van der Waals surface area contributed by atoms with E-state index in [4.69, 9.17) is 0 Å². The van der Waals surface area contributed by atoms with Crippen LogP contribution in [0, 0.1) is 0 Å². The van der Waals surface area contributed by atoms with Crippen molar-refractivity contribution in [1.29, 1.82) is 0 Å². The molecule has 0 spiro atoms. The van der Waals surface area contributed by atoms with Crippen LogP contribution in [0.25, 0.3) is 0 Å². The van der Waals surface area contributed by atoms with Crippen molar-refractivity contribution in [3.63, 3.8) is 0 Å². The molecule has 16 heavy (non-hydrogen) atoms. The Morgan fingerprint density at radius 3 is 2.81 bits per heavy atom. The predicted molar refractivity (Wildman–Crippen MR) is 64.0 cm³/mol. The highest BCUT2D eigenvalue weighted by Gasteiger charge is 2.28. The summed E-state index contributed by atoms with van der Waals surface area (Å²) in [5.74, 6) is 0. The standard InChI is InChI=1S/C13H20N2O/c16-13(6-2-1-3-7-13)11-15-10-12-5-4-8-14-9-12/h4-5,8-9,15-16H,1-3,6-7,10-11H2. The molecule has 1 aromatic heterocycles. The van der Waals surface area contributed by atoms with Crippen molar-refractivity contribution in [3.8, 4) is 0 Å². The first-order valence-corrected chi connectivity index (χ1v) is 6.11. The molecule has 1 saturated carbocycles. The Hall–Kier alpha value is -0.930. The van der Waals surface area contributed by atoms with Gasteiger partial charge >= 0.3 is 0 Å². The van der Waals surface area contributed by atoms with Gasteiger partial charge in [0.2, 0.25) is 0 Å². The molecular weight excluding hydrogens is 200 g/mol. The molecule has 1 heterocycles. The lowest BCUT2D eigenvalue weighted by atomic mass is 9.85. The number of rotatable bonds is 4. The van der Waals surface area contributed by atoms with E-state index in [2.05, 4.69) is 10.3 Å². The van der Waals surface area contributed by atoms with Gasteiger partial charge in [0.15, 0.2) is 0 Å². The molecule has 0 aromatic carbocycles. The van der Waals surface area contributed by atoms with Gasteiger partial charge in [-0.2, -0.15) is 0 Å². The molecule has 88 valence electrons. The minimum Gasteiger partial charge on any atom is -0.389 e. The van der Waals surface area contributed by atoms with Gasteiger partial charge in [0.25, 0.3) is 0 Å². The van der Waals surface area contributed by atoms with Gasteiger partial charge in [0, 0.05) is 25.5 Å². The fourth-order valence-electron chi connectivity index (χ4n) is 2.33. The van der Waals surface area contributed by atoms with E-state index in [9.17, 15) is 5.11 Å². The number of pyridine rings is 1. The molecular formula is C13H20N2O. The summed E-state index contributed by atoms with van der Waals surface area (Å²) in [6.45, 7) is 1.48.